The quantitative estimate of drug-likeness (QED) is 0.290. The van der Waals surface area contributed by atoms with Gasteiger partial charge < -0.3 is 19.9 Å². The third kappa shape index (κ3) is 4.83. The maximum Gasteiger partial charge on any atom is 0.278 e. The van der Waals surface area contributed by atoms with Gasteiger partial charge in [-0.25, -0.2) is 19.3 Å². The summed E-state index contributed by atoms with van der Waals surface area (Å²) in [5.74, 6) is 0.816. The van der Waals surface area contributed by atoms with E-state index in [0.717, 1.165) is 29.7 Å². The summed E-state index contributed by atoms with van der Waals surface area (Å²) < 4.78 is 5.39. The molecule has 1 aromatic carbocycles. The number of aliphatic hydroxyl groups is 1. The van der Waals surface area contributed by atoms with Gasteiger partial charge in [0.1, 0.15) is 11.0 Å². The number of benzene rings is 1. The van der Waals surface area contributed by atoms with Crippen LogP contribution in [0.3, 0.4) is 0 Å². The molecule has 0 saturated carbocycles. The minimum atomic E-state index is -1.14. The zero-order chi connectivity index (χ0) is 27.0. The smallest absolute Gasteiger partial charge is 0.278 e. The van der Waals surface area contributed by atoms with E-state index < -0.39 is 5.60 Å². The van der Waals surface area contributed by atoms with Gasteiger partial charge in [-0.1, -0.05) is 12.1 Å². The number of rotatable bonds is 9. The van der Waals surface area contributed by atoms with E-state index in [0.29, 0.717) is 28.5 Å². The standard InChI is InChI=1S/C28H32N8O2/c1-6-13-35-26(37)21-18-29-27(32-25(21)36(35)24-9-7-8-23(31-24)28(2,3)38)30-20-10-11-22-19(17-20)12-14-34(22)16-15-33(4)5/h6-12,14,17-18,38H,1,13,15-16H2,2-5H3,(H,29,30,32). The van der Waals surface area contributed by atoms with Crippen LogP contribution in [-0.2, 0) is 18.7 Å². The Bertz CT molecular complexity index is 1690. The maximum absolute atomic E-state index is 13.2. The van der Waals surface area contributed by atoms with Crippen molar-refractivity contribution in [2.75, 3.05) is 26.0 Å². The second-order valence-corrected chi connectivity index (χ2v) is 10.1. The second-order valence-electron chi connectivity index (χ2n) is 10.1. The normalized spacial score (nSPS) is 12.1. The molecule has 10 nitrogen and oxygen atoms in total. The fourth-order valence-corrected chi connectivity index (χ4v) is 4.40. The van der Waals surface area contributed by atoms with E-state index in [9.17, 15) is 9.90 Å². The number of aromatic nitrogens is 6. The fourth-order valence-electron chi connectivity index (χ4n) is 4.40. The first-order chi connectivity index (χ1) is 18.2. The molecule has 0 unspecified atom stereocenters. The number of nitrogens with one attached hydrogen (secondary N) is 1. The number of hydrogen-bond acceptors (Lipinski definition) is 7. The predicted octanol–water partition coefficient (Wildman–Crippen LogP) is 3.65. The third-order valence-electron chi connectivity index (χ3n) is 6.37. The summed E-state index contributed by atoms with van der Waals surface area (Å²) in [6.07, 6.45) is 5.26. The van der Waals surface area contributed by atoms with Crippen molar-refractivity contribution in [3.63, 3.8) is 0 Å². The largest absolute Gasteiger partial charge is 0.384 e. The van der Waals surface area contributed by atoms with E-state index >= 15 is 0 Å². The minimum absolute atomic E-state index is 0.248. The van der Waals surface area contributed by atoms with Crippen molar-refractivity contribution in [3.8, 4) is 5.82 Å². The number of likely N-dealkylation sites (N-methyl/N-ethyl adjacent to an activating group) is 1. The molecular weight excluding hydrogens is 480 g/mol. The molecule has 4 aromatic heterocycles. The van der Waals surface area contributed by atoms with E-state index in [1.54, 1.807) is 42.8 Å². The summed E-state index contributed by atoms with van der Waals surface area (Å²) in [5, 5.41) is 15.2. The topological polar surface area (TPSA) is 106 Å². The number of fused-ring (bicyclic) bond motifs is 2. The highest BCUT2D eigenvalue weighted by Gasteiger charge is 2.21. The van der Waals surface area contributed by atoms with Crippen molar-refractivity contribution in [2.24, 2.45) is 0 Å². The molecule has 0 bridgehead atoms. The molecule has 0 saturated heterocycles. The van der Waals surface area contributed by atoms with E-state index in [4.69, 9.17) is 4.98 Å². The average molecular weight is 513 g/mol. The van der Waals surface area contributed by atoms with Crippen molar-refractivity contribution >= 4 is 33.6 Å². The Balaban J connectivity index is 1.55. The SMILES string of the molecule is C=CCn1c(=O)c2cnc(Nc3ccc4c(ccn4CCN(C)C)c3)nc2n1-c1cccc(C(C)(C)O)n1. The van der Waals surface area contributed by atoms with Gasteiger partial charge in [-0.05, 0) is 64.3 Å². The van der Waals surface area contributed by atoms with Gasteiger partial charge >= 0.3 is 0 Å². The van der Waals surface area contributed by atoms with Crippen LogP contribution in [0.15, 0.2) is 72.3 Å². The van der Waals surface area contributed by atoms with Gasteiger partial charge in [0.2, 0.25) is 5.95 Å². The Kier molecular flexibility index (Phi) is 6.60. The maximum atomic E-state index is 13.2. The summed E-state index contributed by atoms with van der Waals surface area (Å²) >= 11 is 0. The summed E-state index contributed by atoms with van der Waals surface area (Å²) in [4.78, 5) is 29.1. The molecule has 4 heterocycles. The molecule has 0 amide bonds. The average Bonchev–Trinajstić information content (AvgIpc) is 3.40. The van der Waals surface area contributed by atoms with Crippen LogP contribution in [0.5, 0.6) is 0 Å². The van der Waals surface area contributed by atoms with Gasteiger partial charge in [-0.15, -0.1) is 6.58 Å². The van der Waals surface area contributed by atoms with Gasteiger partial charge in [0.25, 0.3) is 5.56 Å². The van der Waals surface area contributed by atoms with E-state index in [2.05, 4.69) is 69.8 Å². The Morgan fingerprint density at radius 2 is 1.97 bits per heavy atom. The molecule has 196 valence electrons. The van der Waals surface area contributed by atoms with Crippen LogP contribution in [0.25, 0.3) is 27.8 Å². The molecule has 0 atom stereocenters. The van der Waals surface area contributed by atoms with E-state index in [-0.39, 0.29) is 12.1 Å². The highest BCUT2D eigenvalue weighted by molar-refractivity contribution is 5.85. The van der Waals surface area contributed by atoms with Gasteiger partial charge in [-0.3, -0.25) is 4.79 Å². The lowest BCUT2D eigenvalue weighted by Crippen LogP contribution is -2.23. The number of nitrogens with zero attached hydrogens (tertiary/aromatic N) is 7. The molecule has 38 heavy (non-hydrogen) atoms. The predicted molar refractivity (Wildman–Crippen MR) is 150 cm³/mol. The van der Waals surface area contributed by atoms with E-state index in [1.807, 2.05) is 6.07 Å². The monoisotopic (exact) mass is 512 g/mol. The third-order valence-corrected chi connectivity index (χ3v) is 6.37. The van der Waals surface area contributed by atoms with Crippen molar-refractivity contribution in [1.29, 1.82) is 0 Å². The Hall–Kier alpha value is -4.28. The highest BCUT2D eigenvalue weighted by Crippen LogP contribution is 2.24. The van der Waals surface area contributed by atoms with Gasteiger partial charge in [0, 0.05) is 42.1 Å². The molecule has 0 spiro atoms. The summed E-state index contributed by atoms with van der Waals surface area (Å²) in [5.41, 5.74) is 1.49. The molecule has 0 aliphatic rings. The van der Waals surface area contributed by atoms with Crippen LogP contribution in [-0.4, -0.2) is 59.5 Å². The zero-order valence-corrected chi connectivity index (χ0v) is 22.1. The minimum Gasteiger partial charge on any atom is -0.384 e. The zero-order valence-electron chi connectivity index (χ0n) is 22.1. The first-order valence-corrected chi connectivity index (χ1v) is 12.5. The Morgan fingerprint density at radius 3 is 2.71 bits per heavy atom. The Morgan fingerprint density at radius 1 is 1.16 bits per heavy atom. The summed E-state index contributed by atoms with van der Waals surface area (Å²) in [6.45, 7) is 9.25. The lowest BCUT2D eigenvalue weighted by Gasteiger charge is -2.18. The molecule has 0 aliphatic heterocycles. The van der Waals surface area contributed by atoms with Crippen LogP contribution in [0.4, 0.5) is 11.6 Å². The van der Waals surface area contributed by atoms with Crippen molar-refractivity contribution in [3.05, 3.63) is 83.6 Å². The van der Waals surface area contributed by atoms with Crippen LogP contribution in [0.1, 0.15) is 19.5 Å². The molecule has 5 aromatic rings. The molecule has 10 heteroatoms. The first kappa shape index (κ1) is 25.4. The lowest BCUT2D eigenvalue weighted by molar-refractivity contribution is 0.0738. The van der Waals surface area contributed by atoms with E-state index in [1.165, 1.54) is 10.9 Å². The molecule has 0 radical (unpaired) electrons. The highest BCUT2D eigenvalue weighted by atomic mass is 16.3. The first-order valence-electron chi connectivity index (χ1n) is 12.5. The Labute approximate surface area is 220 Å². The van der Waals surface area contributed by atoms with Crippen LogP contribution >= 0.6 is 0 Å². The molecule has 0 fully saturated rings. The van der Waals surface area contributed by atoms with Crippen molar-refractivity contribution in [1.82, 2.24) is 33.8 Å². The second kappa shape index (κ2) is 9.88. The van der Waals surface area contributed by atoms with Crippen LogP contribution in [0.2, 0.25) is 0 Å². The summed E-state index contributed by atoms with van der Waals surface area (Å²) in [7, 11) is 4.13. The fraction of sp³-hybridized carbons (Fsp3) is 0.286. The number of anilines is 2. The molecule has 0 aliphatic carbocycles. The van der Waals surface area contributed by atoms with Crippen molar-refractivity contribution in [2.45, 2.75) is 32.5 Å². The molecule has 5 rings (SSSR count). The number of pyridine rings is 1. The number of allylic oxidation sites excluding steroid dienone is 1. The van der Waals surface area contributed by atoms with Gasteiger partial charge in [0.05, 0.1) is 12.2 Å². The van der Waals surface area contributed by atoms with Crippen LogP contribution in [0, 0.1) is 0 Å². The van der Waals surface area contributed by atoms with Gasteiger partial charge in [-0.2, -0.15) is 4.98 Å². The number of hydrogen-bond donors (Lipinski definition) is 2. The van der Waals surface area contributed by atoms with Crippen molar-refractivity contribution < 1.29 is 5.11 Å². The van der Waals surface area contributed by atoms with Gasteiger partial charge in [0.15, 0.2) is 11.5 Å². The lowest BCUT2D eigenvalue weighted by atomic mass is 10.1. The summed E-state index contributed by atoms with van der Waals surface area (Å²) in [6, 6.07) is 13.5. The van der Waals surface area contributed by atoms with Crippen LogP contribution < -0.4 is 10.9 Å². The molecule has 2 N–H and O–H groups in total. The molecular formula is C28H32N8O2.